The van der Waals surface area contributed by atoms with E-state index in [2.05, 4.69) is 4.98 Å². The standard InChI is InChI=1S/C21H11F2NO4/c22-15-7-8-16(23)20-19(15)17(25)10-18(28-20)12-3-5-14(6-4-12)27-21(26)13-2-1-9-24-11-13/h1-11H. The van der Waals surface area contributed by atoms with Crippen molar-refractivity contribution >= 4 is 16.9 Å². The van der Waals surface area contributed by atoms with Gasteiger partial charge in [-0.2, -0.15) is 0 Å². The van der Waals surface area contributed by atoms with Crippen molar-refractivity contribution in [3.05, 3.63) is 94.4 Å². The second-order valence-electron chi connectivity index (χ2n) is 5.86. The molecule has 0 saturated carbocycles. The second kappa shape index (κ2) is 7.03. The van der Waals surface area contributed by atoms with Crippen molar-refractivity contribution in [2.75, 3.05) is 0 Å². The fraction of sp³-hybridized carbons (Fsp3) is 0. The zero-order chi connectivity index (χ0) is 19.7. The Balaban J connectivity index is 1.65. The molecule has 0 unspecified atom stereocenters. The highest BCUT2D eigenvalue weighted by Gasteiger charge is 2.15. The highest BCUT2D eigenvalue weighted by molar-refractivity contribution is 5.90. The molecule has 2 aromatic carbocycles. The lowest BCUT2D eigenvalue weighted by molar-refractivity contribution is 0.0734. The number of halogens is 2. The third kappa shape index (κ3) is 3.25. The van der Waals surface area contributed by atoms with Crippen LogP contribution in [-0.2, 0) is 0 Å². The summed E-state index contributed by atoms with van der Waals surface area (Å²) in [5.41, 5.74) is -0.414. The number of pyridine rings is 1. The molecule has 0 bridgehead atoms. The number of fused-ring (bicyclic) bond motifs is 1. The van der Waals surface area contributed by atoms with E-state index in [-0.39, 0.29) is 11.5 Å². The molecular formula is C21H11F2NO4. The van der Waals surface area contributed by atoms with Gasteiger partial charge in [-0.25, -0.2) is 13.6 Å². The number of hydrogen-bond donors (Lipinski definition) is 0. The first-order valence-corrected chi connectivity index (χ1v) is 8.17. The summed E-state index contributed by atoms with van der Waals surface area (Å²) in [4.78, 5) is 28.1. The number of esters is 1. The van der Waals surface area contributed by atoms with Gasteiger partial charge in [-0.15, -0.1) is 0 Å². The molecule has 0 fully saturated rings. The first kappa shape index (κ1) is 17.5. The Morgan fingerprint density at radius 3 is 2.46 bits per heavy atom. The van der Waals surface area contributed by atoms with E-state index >= 15 is 0 Å². The van der Waals surface area contributed by atoms with Crippen LogP contribution < -0.4 is 10.2 Å². The molecule has 7 heteroatoms. The van der Waals surface area contributed by atoms with Crippen molar-refractivity contribution in [2.45, 2.75) is 0 Å². The number of aromatic nitrogens is 1. The summed E-state index contributed by atoms with van der Waals surface area (Å²) in [5.74, 6) is -1.94. The third-order valence-corrected chi connectivity index (χ3v) is 4.03. The second-order valence-corrected chi connectivity index (χ2v) is 5.86. The molecule has 0 aliphatic carbocycles. The Morgan fingerprint density at radius 1 is 1.00 bits per heavy atom. The smallest absolute Gasteiger partial charge is 0.345 e. The Bertz CT molecular complexity index is 1240. The van der Waals surface area contributed by atoms with Gasteiger partial charge in [0.15, 0.2) is 16.8 Å². The monoisotopic (exact) mass is 379 g/mol. The van der Waals surface area contributed by atoms with Crippen molar-refractivity contribution in [3.63, 3.8) is 0 Å². The Hall–Kier alpha value is -3.87. The summed E-state index contributed by atoms with van der Waals surface area (Å²) < 4.78 is 38.4. The zero-order valence-electron chi connectivity index (χ0n) is 14.2. The van der Waals surface area contributed by atoms with Gasteiger partial charge in [0.25, 0.3) is 0 Å². The molecule has 0 N–H and O–H groups in total. The molecule has 5 nitrogen and oxygen atoms in total. The first-order valence-electron chi connectivity index (χ1n) is 8.17. The van der Waals surface area contributed by atoms with Gasteiger partial charge in [-0.05, 0) is 48.5 Å². The van der Waals surface area contributed by atoms with E-state index in [1.807, 2.05) is 0 Å². The molecular weight excluding hydrogens is 368 g/mol. The molecule has 0 saturated heterocycles. The summed E-state index contributed by atoms with van der Waals surface area (Å²) in [5, 5.41) is -0.439. The minimum atomic E-state index is -0.852. The maximum absolute atomic E-state index is 13.9. The van der Waals surface area contributed by atoms with Crippen molar-refractivity contribution in [3.8, 4) is 17.1 Å². The molecule has 0 radical (unpaired) electrons. The molecule has 2 heterocycles. The number of carbonyl (C=O) groups excluding carboxylic acids is 1. The molecule has 4 aromatic rings. The maximum Gasteiger partial charge on any atom is 0.345 e. The van der Waals surface area contributed by atoms with Gasteiger partial charge in [0, 0.05) is 24.0 Å². The van der Waals surface area contributed by atoms with Crippen LogP contribution in [0.1, 0.15) is 10.4 Å². The molecule has 2 aromatic heterocycles. The maximum atomic E-state index is 13.9. The van der Waals surface area contributed by atoms with Crippen molar-refractivity contribution in [2.24, 2.45) is 0 Å². The summed E-state index contributed by atoms with van der Waals surface area (Å²) in [7, 11) is 0. The number of carbonyl (C=O) groups is 1. The number of nitrogens with zero attached hydrogens (tertiary/aromatic N) is 1. The third-order valence-electron chi connectivity index (χ3n) is 4.03. The Kier molecular flexibility index (Phi) is 4.41. The van der Waals surface area contributed by atoms with Crippen molar-refractivity contribution in [1.29, 1.82) is 0 Å². The number of rotatable bonds is 3. The molecule has 0 aliphatic rings. The van der Waals surface area contributed by atoms with Gasteiger partial charge in [0.1, 0.15) is 22.7 Å². The predicted molar refractivity (Wildman–Crippen MR) is 97.0 cm³/mol. The van der Waals surface area contributed by atoms with Crippen LogP contribution in [0.3, 0.4) is 0 Å². The first-order chi connectivity index (χ1) is 13.5. The lowest BCUT2D eigenvalue weighted by Crippen LogP contribution is -2.08. The zero-order valence-corrected chi connectivity index (χ0v) is 14.2. The van der Waals surface area contributed by atoms with Crippen LogP contribution in [0.25, 0.3) is 22.3 Å². The fourth-order valence-electron chi connectivity index (χ4n) is 2.67. The van der Waals surface area contributed by atoms with Crippen LogP contribution in [0.4, 0.5) is 8.78 Å². The van der Waals surface area contributed by atoms with Gasteiger partial charge < -0.3 is 9.15 Å². The van der Waals surface area contributed by atoms with E-state index < -0.39 is 34.0 Å². The van der Waals surface area contributed by atoms with Crippen LogP contribution in [-0.4, -0.2) is 11.0 Å². The summed E-state index contributed by atoms with van der Waals surface area (Å²) >= 11 is 0. The number of hydrogen-bond acceptors (Lipinski definition) is 5. The van der Waals surface area contributed by atoms with E-state index in [4.69, 9.17) is 9.15 Å². The average Bonchev–Trinajstić information content (AvgIpc) is 2.71. The van der Waals surface area contributed by atoms with E-state index in [0.29, 0.717) is 11.1 Å². The van der Waals surface area contributed by atoms with Crippen molar-refractivity contribution < 1.29 is 22.7 Å². The van der Waals surface area contributed by atoms with E-state index in [1.54, 1.807) is 12.1 Å². The predicted octanol–water partition coefficient (Wildman–Crippen LogP) is 4.35. The SMILES string of the molecule is O=C(Oc1ccc(-c2cc(=O)c3c(F)ccc(F)c3o2)cc1)c1cccnc1. The van der Waals surface area contributed by atoms with Gasteiger partial charge in [-0.3, -0.25) is 9.78 Å². The van der Waals surface area contributed by atoms with Gasteiger partial charge >= 0.3 is 5.97 Å². The molecule has 0 aliphatic heterocycles. The van der Waals surface area contributed by atoms with Crippen LogP contribution in [0.5, 0.6) is 5.75 Å². The van der Waals surface area contributed by atoms with Gasteiger partial charge in [0.2, 0.25) is 0 Å². The van der Waals surface area contributed by atoms with Crippen LogP contribution in [0.15, 0.2) is 76.2 Å². The molecule has 0 amide bonds. The van der Waals surface area contributed by atoms with Crippen LogP contribution in [0, 0.1) is 11.6 Å². The molecule has 0 spiro atoms. The minimum absolute atomic E-state index is 0.0622. The quantitative estimate of drug-likeness (QED) is 0.391. The molecule has 138 valence electrons. The van der Waals surface area contributed by atoms with E-state index in [0.717, 1.165) is 18.2 Å². The fourth-order valence-corrected chi connectivity index (χ4v) is 2.67. The number of benzene rings is 2. The minimum Gasteiger partial charge on any atom is -0.453 e. The van der Waals surface area contributed by atoms with Crippen molar-refractivity contribution in [1.82, 2.24) is 4.98 Å². The number of ether oxygens (including phenoxy) is 1. The average molecular weight is 379 g/mol. The van der Waals surface area contributed by atoms with Gasteiger partial charge in [0.05, 0.1) is 5.56 Å². The molecule has 4 rings (SSSR count). The summed E-state index contributed by atoms with van der Waals surface area (Å²) in [6.07, 6.45) is 2.92. The van der Waals surface area contributed by atoms with Gasteiger partial charge in [-0.1, -0.05) is 0 Å². The molecule has 28 heavy (non-hydrogen) atoms. The highest BCUT2D eigenvalue weighted by atomic mass is 19.1. The summed E-state index contributed by atoms with van der Waals surface area (Å²) in [6, 6.07) is 12.1. The highest BCUT2D eigenvalue weighted by Crippen LogP contribution is 2.26. The van der Waals surface area contributed by atoms with E-state index in [1.165, 1.54) is 36.7 Å². The largest absolute Gasteiger partial charge is 0.453 e. The lowest BCUT2D eigenvalue weighted by atomic mass is 10.1. The Morgan fingerprint density at radius 2 is 1.75 bits per heavy atom. The van der Waals surface area contributed by atoms with Crippen LogP contribution in [0.2, 0.25) is 0 Å². The van der Waals surface area contributed by atoms with Crippen LogP contribution >= 0.6 is 0 Å². The lowest BCUT2D eigenvalue weighted by Gasteiger charge is -2.07. The topological polar surface area (TPSA) is 69.4 Å². The normalized spacial score (nSPS) is 10.8. The summed E-state index contributed by atoms with van der Waals surface area (Å²) in [6.45, 7) is 0. The van der Waals surface area contributed by atoms with E-state index in [9.17, 15) is 18.4 Å². The Labute approximate surface area is 156 Å². The molecule has 0 atom stereocenters.